The zero-order valence-corrected chi connectivity index (χ0v) is 10.5. The Bertz CT molecular complexity index is 571. The highest BCUT2D eigenvalue weighted by molar-refractivity contribution is 5.95. The van der Waals surface area contributed by atoms with Crippen LogP contribution in [0.25, 0.3) is 11.1 Å². The molecule has 0 aliphatic carbocycles. The summed E-state index contributed by atoms with van der Waals surface area (Å²) in [6, 6.07) is 17.7. The Morgan fingerprint density at radius 3 is 2.11 bits per heavy atom. The molecular weight excluding hydrogens is 238 g/mol. The Hall–Kier alpha value is -2.13. The third-order valence-electron chi connectivity index (χ3n) is 3.39. The summed E-state index contributed by atoms with van der Waals surface area (Å²) in [4.78, 5) is 13.7. The number of hydrogen-bond acceptors (Lipinski definition) is 2. The maximum atomic E-state index is 12.0. The monoisotopic (exact) mass is 253 g/mol. The fourth-order valence-corrected chi connectivity index (χ4v) is 2.24. The molecule has 0 saturated carbocycles. The lowest BCUT2D eigenvalue weighted by Gasteiger charge is -2.35. The number of carbonyl (C=O) groups is 1. The van der Waals surface area contributed by atoms with Crippen LogP contribution in [0.3, 0.4) is 0 Å². The standard InChI is InChI=1S/C16H15NO2/c18-15-10-17(11-15)16(19)14-8-6-13(7-9-14)12-4-2-1-3-5-12/h1-9,15,18H,10-11H2. The molecule has 1 aliphatic heterocycles. The van der Waals surface area contributed by atoms with E-state index in [1.54, 1.807) is 4.90 Å². The van der Waals surface area contributed by atoms with Crippen molar-refractivity contribution in [3.63, 3.8) is 0 Å². The molecule has 96 valence electrons. The third kappa shape index (κ3) is 2.37. The average Bonchev–Trinajstić information content (AvgIpc) is 2.44. The Morgan fingerprint density at radius 2 is 1.53 bits per heavy atom. The van der Waals surface area contributed by atoms with Crippen LogP contribution in [0.2, 0.25) is 0 Å². The van der Waals surface area contributed by atoms with E-state index >= 15 is 0 Å². The van der Waals surface area contributed by atoms with E-state index in [1.165, 1.54) is 0 Å². The Kier molecular flexibility index (Phi) is 3.05. The van der Waals surface area contributed by atoms with Crippen LogP contribution in [0, 0.1) is 0 Å². The van der Waals surface area contributed by atoms with E-state index in [9.17, 15) is 9.90 Å². The Balaban J connectivity index is 1.78. The zero-order valence-electron chi connectivity index (χ0n) is 10.5. The van der Waals surface area contributed by atoms with Gasteiger partial charge in [0, 0.05) is 18.7 Å². The summed E-state index contributed by atoms with van der Waals surface area (Å²) >= 11 is 0. The number of amides is 1. The number of carbonyl (C=O) groups excluding carboxylic acids is 1. The minimum Gasteiger partial charge on any atom is -0.389 e. The SMILES string of the molecule is O=C(c1ccc(-c2ccccc2)cc1)N1CC(O)C1. The van der Waals surface area contributed by atoms with Crippen molar-refractivity contribution >= 4 is 5.91 Å². The normalized spacial score (nSPS) is 15.1. The second-order valence-electron chi connectivity index (χ2n) is 4.81. The van der Waals surface area contributed by atoms with Crippen LogP contribution in [0.1, 0.15) is 10.4 Å². The molecule has 0 atom stereocenters. The lowest BCUT2D eigenvalue weighted by molar-refractivity contribution is 0.00590. The van der Waals surface area contributed by atoms with Gasteiger partial charge in [0.15, 0.2) is 0 Å². The second-order valence-corrected chi connectivity index (χ2v) is 4.81. The smallest absolute Gasteiger partial charge is 0.254 e. The van der Waals surface area contributed by atoms with Crippen molar-refractivity contribution in [2.75, 3.05) is 13.1 Å². The van der Waals surface area contributed by atoms with Gasteiger partial charge in [0.1, 0.15) is 0 Å². The van der Waals surface area contributed by atoms with E-state index in [0.717, 1.165) is 11.1 Å². The summed E-state index contributed by atoms with van der Waals surface area (Å²) in [5.41, 5.74) is 2.91. The molecule has 2 aromatic carbocycles. The van der Waals surface area contributed by atoms with Gasteiger partial charge in [0.2, 0.25) is 0 Å². The number of aliphatic hydroxyl groups is 1. The van der Waals surface area contributed by atoms with Crippen molar-refractivity contribution < 1.29 is 9.90 Å². The zero-order chi connectivity index (χ0) is 13.2. The molecule has 1 saturated heterocycles. The Morgan fingerprint density at radius 1 is 0.947 bits per heavy atom. The fraction of sp³-hybridized carbons (Fsp3) is 0.188. The van der Waals surface area contributed by atoms with Crippen LogP contribution >= 0.6 is 0 Å². The first kappa shape index (κ1) is 11.9. The van der Waals surface area contributed by atoms with Gasteiger partial charge in [-0.2, -0.15) is 0 Å². The highest BCUT2D eigenvalue weighted by Crippen LogP contribution is 2.20. The minimum absolute atomic E-state index is 0.00934. The number of rotatable bonds is 2. The van der Waals surface area contributed by atoms with Crippen LogP contribution in [-0.2, 0) is 0 Å². The first-order valence-corrected chi connectivity index (χ1v) is 6.37. The van der Waals surface area contributed by atoms with Crippen molar-refractivity contribution in [1.82, 2.24) is 4.90 Å². The summed E-state index contributed by atoms with van der Waals surface area (Å²) < 4.78 is 0. The molecule has 3 rings (SSSR count). The summed E-state index contributed by atoms with van der Waals surface area (Å²) in [5, 5.41) is 9.21. The van der Waals surface area contributed by atoms with E-state index in [0.29, 0.717) is 18.7 Å². The number of likely N-dealkylation sites (tertiary alicyclic amines) is 1. The van der Waals surface area contributed by atoms with Gasteiger partial charge in [-0.05, 0) is 23.3 Å². The van der Waals surface area contributed by atoms with Crippen LogP contribution in [-0.4, -0.2) is 35.1 Å². The van der Waals surface area contributed by atoms with E-state index in [2.05, 4.69) is 0 Å². The lowest BCUT2D eigenvalue weighted by Crippen LogP contribution is -2.53. The van der Waals surface area contributed by atoms with Crippen molar-refractivity contribution in [3.8, 4) is 11.1 Å². The number of benzene rings is 2. The molecule has 2 aromatic rings. The molecular formula is C16H15NO2. The van der Waals surface area contributed by atoms with E-state index in [4.69, 9.17) is 0 Å². The van der Waals surface area contributed by atoms with Crippen LogP contribution < -0.4 is 0 Å². The minimum atomic E-state index is -0.354. The van der Waals surface area contributed by atoms with Gasteiger partial charge in [0.05, 0.1) is 6.10 Å². The van der Waals surface area contributed by atoms with Gasteiger partial charge in [-0.15, -0.1) is 0 Å². The van der Waals surface area contributed by atoms with Gasteiger partial charge in [-0.1, -0.05) is 42.5 Å². The lowest BCUT2D eigenvalue weighted by atomic mass is 10.0. The van der Waals surface area contributed by atoms with E-state index < -0.39 is 0 Å². The van der Waals surface area contributed by atoms with Gasteiger partial charge in [0.25, 0.3) is 5.91 Å². The van der Waals surface area contributed by atoms with Crippen LogP contribution in [0.4, 0.5) is 0 Å². The topological polar surface area (TPSA) is 40.5 Å². The maximum Gasteiger partial charge on any atom is 0.254 e. The molecule has 1 heterocycles. The first-order chi connectivity index (χ1) is 9.24. The molecule has 3 heteroatoms. The average molecular weight is 253 g/mol. The highest BCUT2D eigenvalue weighted by atomic mass is 16.3. The predicted molar refractivity (Wildman–Crippen MR) is 73.8 cm³/mol. The molecule has 3 nitrogen and oxygen atoms in total. The molecule has 0 spiro atoms. The summed E-state index contributed by atoms with van der Waals surface area (Å²) in [6.07, 6.45) is -0.354. The largest absolute Gasteiger partial charge is 0.389 e. The predicted octanol–water partition coefficient (Wildman–Crippen LogP) is 2.17. The van der Waals surface area contributed by atoms with Crippen molar-refractivity contribution in [3.05, 3.63) is 60.2 Å². The van der Waals surface area contributed by atoms with Gasteiger partial charge >= 0.3 is 0 Å². The van der Waals surface area contributed by atoms with Gasteiger partial charge in [-0.25, -0.2) is 0 Å². The first-order valence-electron chi connectivity index (χ1n) is 6.37. The number of nitrogens with zero attached hydrogens (tertiary/aromatic N) is 1. The summed E-state index contributed by atoms with van der Waals surface area (Å²) in [5.74, 6) is -0.00934. The van der Waals surface area contributed by atoms with E-state index in [-0.39, 0.29) is 12.0 Å². The summed E-state index contributed by atoms with van der Waals surface area (Å²) in [6.45, 7) is 0.887. The van der Waals surface area contributed by atoms with Gasteiger partial charge in [-0.3, -0.25) is 4.79 Å². The van der Waals surface area contributed by atoms with Crippen molar-refractivity contribution in [1.29, 1.82) is 0 Å². The number of hydrogen-bond donors (Lipinski definition) is 1. The molecule has 1 fully saturated rings. The molecule has 0 unspecified atom stereocenters. The molecule has 1 amide bonds. The third-order valence-corrected chi connectivity index (χ3v) is 3.39. The highest BCUT2D eigenvalue weighted by Gasteiger charge is 2.29. The maximum absolute atomic E-state index is 12.0. The van der Waals surface area contributed by atoms with Crippen molar-refractivity contribution in [2.24, 2.45) is 0 Å². The van der Waals surface area contributed by atoms with Crippen LogP contribution in [0.5, 0.6) is 0 Å². The quantitative estimate of drug-likeness (QED) is 0.891. The van der Waals surface area contributed by atoms with E-state index in [1.807, 2.05) is 54.6 Å². The molecule has 0 radical (unpaired) electrons. The number of β-amino-alcohol motifs (C(OH)–C–C–N with tert-alkyl or cyclic N) is 1. The fourth-order valence-electron chi connectivity index (χ4n) is 2.24. The summed E-state index contributed by atoms with van der Waals surface area (Å²) in [7, 11) is 0. The Labute approximate surface area is 112 Å². The molecule has 1 N–H and O–H groups in total. The number of aliphatic hydroxyl groups excluding tert-OH is 1. The molecule has 0 aromatic heterocycles. The van der Waals surface area contributed by atoms with Crippen molar-refractivity contribution in [2.45, 2.75) is 6.10 Å². The molecule has 19 heavy (non-hydrogen) atoms. The second kappa shape index (κ2) is 4.86. The molecule has 0 bridgehead atoms. The molecule has 1 aliphatic rings. The van der Waals surface area contributed by atoms with Gasteiger partial charge < -0.3 is 10.0 Å². The van der Waals surface area contributed by atoms with Crippen LogP contribution in [0.15, 0.2) is 54.6 Å².